The first-order valence-electron chi connectivity index (χ1n) is 7.51. The van der Waals surface area contributed by atoms with Crippen LogP contribution in [0.1, 0.15) is 37.6 Å². The summed E-state index contributed by atoms with van der Waals surface area (Å²) in [5.41, 5.74) is 6.60. The first-order chi connectivity index (χ1) is 10.7. The monoisotopic (exact) mass is 335 g/mol. The molecule has 23 heavy (non-hydrogen) atoms. The van der Waals surface area contributed by atoms with Crippen LogP contribution >= 0.6 is 0 Å². The summed E-state index contributed by atoms with van der Waals surface area (Å²) in [5, 5.41) is 3.58. The molecule has 1 atom stereocenters. The van der Waals surface area contributed by atoms with Gasteiger partial charge in [0, 0.05) is 6.54 Å². The molecule has 0 aliphatic carbocycles. The molecule has 2 heterocycles. The van der Waals surface area contributed by atoms with Crippen LogP contribution < -0.4 is 5.73 Å². The van der Waals surface area contributed by atoms with Crippen molar-refractivity contribution in [2.75, 3.05) is 12.3 Å². The van der Waals surface area contributed by atoms with Crippen molar-refractivity contribution in [3.8, 4) is 0 Å². The number of rotatable bonds is 3. The lowest BCUT2D eigenvalue weighted by molar-refractivity contribution is 0.366. The van der Waals surface area contributed by atoms with E-state index in [0.29, 0.717) is 6.54 Å². The van der Waals surface area contributed by atoms with Crippen molar-refractivity contribution in [2.45, 2.75) is 38.1 Å². The van der Waals surface area contributed by atoms with Gasteiger partial charge >= 0.3 is 0 Å². The van der Waals surface area contributed by atoms with E-state index in [0.717, 1.165) is 12.0 Å². The van der Waals surface area contributed by atoms with Gasteiger partial charge in [0.25, 0.3) is 10.0 Å². The number of nitrogens with two attached hydrogens (primary N) is 1. The predicted molar refractivity (Wildman–Crippen MR) is 87.1 cm³/mol. The minimum atomic E-state index is -3.77. The quantitative estimate of drug-likeness (QED) is 0.931. The van der Waals surface area contributed by atoms with Gasteiger partial charge in [0.15, 0.2) is 16.5 Å². The molecule has 0 spiro atoms. The molecule has 0 bridgehead atoms. The first kappa shape index (κ1) is 16.0. The zero-order chi connectivity index (χ0) is 16.8. The van der Waals surface area contributed by atoms with Gasteiger partial charge in [0.05, 0.1) is 6.04 Å². The lowest BCUT2D eigenvalue weighted by Gasteiger charge is -2.24. The standard InChI is InChI=1S/C16H21N3O3S/c1-11-14(15(17)18-22-11)23(20,21)19-10-16(2,3)9-13(19)12-7-5-4-6-8-12/h4-8,13H,9-10H2,1-3H3,(H2,17,18). The van der Waals surface area contributed by atoms with Crippen LogP contribution in [0.3, 0.4) is 0 Å². The van der Waals surface area contributed by atoms with Crippen LogP contribution in [-0.4, -0.2) is 24.4 Å². The molecule has 1 aliphatic rings. The normalized spacial score (nSPS) is 21.6. The summed E-state index contributed by atoms with van der Waals surface area (Å²) in [4.78, 5) is -0.0175. The fourth-order valence-corrected chi connectivity index (χ4v) is 5.23. The summed E-state index contributed by atoms with van der Waals surface area (Å²) in [7, 11) is -3.77. The molecule has 0 amide bonds. The van der Waals surface area contributed by atoms with E-state index < -0.39 is 10.0 Å². The molecule has 1 aliphatic heterocycles. The highest BCUT2D eigenvalue weighted by atomic mass is 32.2. The molecule has 1 fully saturated rings. The van der Waals surface area contributed by atoms with Crippen LogP contribution in [-0.2, 0) is 10.0 Å². The van der Waals surface area contributed by atoms with E-state index in [1.807, 2.05) is 30.3 Å². The van der Waals surface area contributed by atoms with Gasteiger partial charge in [-0.1, -0.05) is 49.3 Å². The molecule has 1 saturated heterocycles. The molecule has 1 aromatic carbocycles. The zero-order valence-corrected chi connectivity index (χ0v) is 14.3. The lowest BCUT2D eigenvalue weighted by Crippen LogP contribution is -2.33. The van der Waals surface area contributed by atoms with Crippen LogP contribution in [0.15, 0.2) is 39.8 Å². The van der Waals surface area contributed by atoms with Crippen LogP contribution in [0, 0.1) is 12.3 Å². The average Bonchev–Trinajstić information content (AvgIpc) is 3.00. The molecular formula is C16H21N3O3S. The second-order valence-corrected chi connectivity index (χ2v) is 8.63. The van der Waals surface area contributed by atoms with Crippen molar-refractivity contribution in [3.63, 3.8) is 0 Å². The van der Waals surface area contributed by atoms with E-state index in [1.165, 1.54) is 4.31 Å². The number of hydrogen-bond donors (Lipinski definition) is 1. The van der Waals surface area contributed by atoms with Crippen LogP contribution in [0.2, 0.25) is 0 Å². The third kappa shape index (κ3) is 2.74. The molecule has 124 valence electrons. The molecule has 0 radical (unpaired) electrons. The highest BCUT2D eigenvalue weighted by Crippen LogP contribution is 2.46. The van der Waals surface area contributed by atoms with Gasteiger partial charge in [-0.2, -0.15) is 4.31 Å². The number of benzene rings is 1. The summed E-state index contributed by atoms with van der Waals surface area (Å²) in [6, 6.07) is 9.46. The van der Waals surface area contributed by atoms with Crippen molar-refractivity contribution in [2.24, 2.45) is 5.41 Å². The van der Waals surface area contributed by atoms with Crippen molar-refractivity contribution in [1.29, 1.82) is 0 Å². The van der Waals surface area contributed by atoms with Gasteiger partial charge < -0.3 is 10.3 Å². The lowest BCUT2D eigenvalue weighted by atomic mass is 9.89. The summed E-state index contributed by atoms with van der Waals surface area (Å²) in [5.74, 6) is 0.137. The maximum Gasteiger partial charge on any atom is 0.250 e. The van der Waals surface area contributed by atoms with Crippen LogP contribution in [0.25, 0.3) is 0 Å². The number of hydrogen-bond acceptors (Lipinski definition) is 5. The molecule has 0 saturated carbocycles. The molecule has 6 nitrogen and oxygen atoms in total. The fraction of sp³-hybridized carbons (Fsp3) is 0.438. The average molecular weight is 335 g/mol. The Hall–Kier alpha value is -1.86. The Morgan fingerprint density at radius 2 is 1.96 bits per heavy atom. The topological polar surface area (TPSA) is 89.4 Å². The predicted octanol–water partition coefficient (Wildman–Crippen LogP) is 2.73. The Morgan fingerprint density at radius 3 is 2.52 bits per heavy atom. The minimum Gasteiger partial charge on any atom is -0.380 e. The summed E-state index contributed by atoms with van der Waals surface area (Å²) in [6.45, 7) is 6.14. The van der Waals surface area contributed by atoms with E-state index in [4.69, 9.17) is 10.3 Å². The van der Waals surface area contributed by atoms with Gasteiger partial charge in [0.2, 0.25) is 0 Å². The van der Waals surface area contributed by atoms with E-state index in [2.05, 4.69) is 19.0 Å². The molecule has 1 unspecified atom stereocenters. The zero-order valence-electron chi connectivity index (χ0n) is 13.5. The van der Waals surface area contributed by atoms with Crippen molar-refractivity contribution in [1.82, 2.24) is 9.46 Å². The van der Waals surface area contributed by atoms with Gasteiger partial charge in [-0.05, 0) is 24.3 Å². The van der Waals surface area contributed by atoms with E-state index in [-0.39, 0.29) is 27.9 Å². The first-order valence-corrected chi connectivity index (χ1v) is 8.95. The maximum absolute atomic E-state index is 13.2. The number of aromatic nitrogens is 1. The highest BCUT2D eigenvalue weighted by molar-refractivity contribution is 7.89. The number of aryl methyl sites for hydroxylation is 1. The summed E-state index contributed by atoms with van der Waals surface area (Å²) in [6.07, 6.45) is 0.750. The van der Waals surface area contributed by atoms with Crippen molar-refractivity contribution < 1.29 is 12.9 Å². The number of sulfonamides is 1. The summed E-state index contributed by atoms with van der Waals surface area (Å²) < 4.78 is 32.8. The Labute approximate surface area is 136 Å². The third-order valence-corrected chi connectivity index (χ3v) is 6.28. The SMILES string of the molecule is Cc1onc(N)c1S(=O)(=O)N1CC(C)(C)CC1c1ccccc1. The second-order valence-electron chi connectivity index (χ2n) is 6.80. The summed E-state index contributed by atoms with van der Waals surface area (Å²) >= 11 is 0. The highest BCUT2D eigenvalue weighted by Gasteiger charge is 2.46. The minimum absolute atomic E-state index is 0.0175. The van der Waals surface area contributed by atoms with Gasteiger partial charge in [-0.25, -0.2) is 8.42 Å². The largest absolute Gasteiger partial charge is 0.380 e. The smallest absolute Gasteiger partial charge is 0.250 e. The number of nitrogen functional groups attached to an aromatic ring is 1. The molecular weight excluding hydrogens is 314 g/mol. The second kappa shape index (κ2) is 5.35. The number of anilines is 1. The Bertz CT molecular complexity index is 793. The van der Waals surface area contributed by atoms with E-state index in [9.17, 15) is 8.42 Å². The number of nitrogens with zero attached hydrogens (tertiary/aromatic N) is 2. The Morgan fingerprint density at radius 1 is 1.30 bits per heavy atom. The van der Waals surface area contributed by atoms with Crippen LogP contribution in [0.5, 0.6) is 0 Å². The van der Waals surface area contributed by atoms with E-state index >= 15 is 0 Å². The third-order valence-electron chi connectivity index (χ3n) is 4.26. The Kier molecular flexibility index (Phi) is 3.72. The van der Waals surface area contributed by atoms with Crippen molar-refractivity contribution in [3.05, 3.63) is 41.7 Å². The molecule has 1 aromatic heterocycles. The van der Waals surface area contributed by atoms with Gasteiger partial charge in [-0.3, -0.25) is 0 Å². The molecule has 7 heteroatoms. The van der Waals surface area contributed by atoms with Crippen LogP contribution in [0.4, 0.5) is 5.82 Å². The molecule has 3 rings (SSSR count). The van der Waals surface area contributed by atoms with E-state index in [1.54, 1.807) is 6.92 Å². The fourth-order valence-electron chi connectivity index (χ4n) is 3.25. The maximum atomic E-state index is 13.2. The van der Waals surface area contributed by atoms with Crippen molar-refractivity contribution >= 4 is 15.8 Å². The van der Waals surface area contributed by atoms with Gasteiger partial charge in [-0.15, -0.1) is 0 Å². The molecule has 2 N–H and O–H groups in total. The molecule has 2 aromatic rings. The Balaban J connectivity index is 2.09. The van der Waals surface area contributed by atoms with Gasteiger partial charge in [0.1, 0.15) is 0 Å².